The van der Waals surface area contributed by atoms with Gasteiger partial charge in [-0.2, -0.15) is 0 Å². The van der Waals surface area contributed by atoms with Gasteiger partial charge in [0, 0.05) is 28.6 Å². The van der Waals surface area contributed by atoms with E-state index in [4.69, 9.17) is 22.1 Å². The summed E-state index contributed by atoms with van der Waals surface area (Å²) < 4.78 is 5.74. The monoisotopic (exact) mass is 363 g/mol. The van der Waals surface area contributed by atoms with Gasteiger partial charge >= 0.3 is 0 Å². The highest BCUT2D eigenvalue weighted by Crippen LogP contribution is 2.18. The first-order chi connectivity index (χ1) is 12.6. The Kier molecular flexibility index (Phi) is 5.66. The van der Waals surface area contributed by atoms with Crippen molar-refractivity contribution in [2.75, 3.05) is 5.73 Å². The maximum atomic E-state index is 5.98. The maximum absolute atomic E-state index is 5.98. The Balaban J connectivity index is 1.68. The van der Waals surface area contributed by atoms with Gasteiger partial charge in [0.15, 0.2) is 0 Å². The zero-order valence-electron chi connectivity index (χ0n) is 14.1. The normalized spacial score (nSPS) is 10.8. The van der Waals surface area contributed by atoms with Crippen LogP contribution in [0.2, 0.25) is 5.02 Å². The number of aromatic nitrogens is 1. The molecule has 5 heteroatoms. The smallest absolute Gasteiger partial charge is 0.214 e. The molecule has 3 aromatic rings. The Morgan fingerprint density at radius 1 is 1.12 bits per heavy atom. The van der Waals surface area contributed by atoms with Crippen molar-refractivity contribution < 1.29 is 4.74 Å². The molecule has 0 spiro atoms. The Bertz CT molecular complexity index is 953. The lowest BCUT2D eigenvalue weighted by Gasteiger charge is -2.07. The van der Waals surface area contributed by atoms with E-state index in [2.05, 4.69) is 16.6 Å². The van der Waals surface area contributed by atoms with E-state index in [9.17, 15) is 0 Å². The largest absolute Gasteiger partial charge is 0.473 e. The lowest BCUT2D eigenvalue weighted by Crippen LogP contribution is -1.98. The highest BCUT2D eigenvalue weighted by molar-refractivity contribution is 6.30. The van der Waals surface area contributed by atoms with Crippen LogP contribution >= 0.6 is 11.6 Å². The number of nitrogen functional groups attached to an aromatic ring is 1. The van der Waals surface area contributed by atoms with Gasteiger partial charge < -0.3 is 10.5 Å². The van der Waals surface area contributed by atoms with Crippen LogP contribution in [0.1, 0.15) is 16.8 Å². The Morgan fingerprint density at radius 2 is 1.92 bits per heavy atom. The summed E-state index contributed by atoms with van der Waals surface area (Å²) in [6.45, 7) is 4.35. The highest BCUT2D eigenvalue weighted by atomic mass is 35.5. The zero-order chi connectivity index (χ0) is 18.4. The van der Waals surface area contributed by atoms with Crippen molar-refractivity contribution in [3.8, 4) is 5.88 Å². The first kappa shape index (κ1) is 17.7. The number of hydrogen-bond donors (Lipinski definition) is 1. The van der Waals surface area contributed by atoms with Gasteiger partial charge in [0.2, 0.25) is 5.88 Å². The van der Waals surface area contributed by atoms with Crippen molar-refractivity contribution in [3.63, 3.8) is 0 Å². The molecule has 3 rings (SSSR count). The van der Waals surface area contributed by atoms with Gasteiger partial charge in [0.25, 0.3) is 0 Å². The van der Waals surface area contributed by atoms with Gasteiger partial charge in [0.1, 0.15) is 6.61 Å². The molecule has 0 saturated heterocycles. The molecule has 0 fully saturated rings. The molecule has 130 valence electrons. The summed E-state index contributed by atoms with van der Waals surface area (Å²) in [5.41, 5.74) is 9.55. The highest BCUT2D eigenvalue weighted by Gasteiger charge is 2.03. The number of ether oxygens (including phenoxy) is 1. The molecular formula is C21H18ClN3O. The molecule has 0 amide bonds. The summed E-state index contributed by atoms with van der Waals surface area (Å²) in [7, 11) is 0. The number of nitrogens with zero attached hydrogens (tertiary/aromatic N) is 2. The predicted molar refractivity (Wildman–Crippen MR) is 108 cm³/mol. The maximum Gasteiger partial charge on any atom is 0.214 e. The van der Waals surface area contributed by atoms with Crippen LogP contribution in [0.3, 0.4) is 0 Å². The van der Waals surface area contributed by atoms with Crippen LogP contribution in [0, 0.1) is 0 Å². The van der Waals surface area contributed by atoms with E-state index in [-0.39, 0.29) is 0 Å². The molecular weight excluding hydrogens is 346 g/mol. The number of pyridine rings is 1. The van der Waals surface area contributed by atoms with Crippen molar-refractivity contribution in [1.82, 2.24) is 4.98 Å². The number of hydrogen-bond acceptors (Lipinski definition) is 4. The quantitative estimate of drug-likeness (QED) is 0.496. The molecule has 0 unspecified atom stereocenters. The fourth-order valence-electron chi connectivity index (χ4n) is 2.28. The zero-order valence-corrected chi connectivity index (χ0v) is 14.9. The van der Waals surface area contributed by atoms with Gasteiger partial charge in [-0.3, -0.25) is 4.99 Å². The lowest BCUT2D eigenvalue weighted by atomic mass is 10.2. The SMILES string of the molecule is C=C(N=Cc1ccccc1N)c1cccc(OCc2cccc(Cl)c2)n1. The van der Waals surface area contributed by atoms with E-state index in [0.29, 0.717) is 34.6 Å². The second kappa shape index (κ2) is 8.32. The van der Waals surface area contributed by atoms with Crippen LogP contribution in [0.5, 0.6) is 5.88 Å². The molecule has 0 aliphatic heterocycles. The van der Waals surface area contributed by atoms with Crippen LogP contribution in [0.15, 0.2) is 78.3 Å². The van der Waals surface area contributed by atoms with E-state index in [1.54, 1.807) is 12.3 Å². The molecule has 1 heterocycles. The summed E-state index contributed by atoms with van der Waals surface area (Å²) >= 11 is 5.98. The van der Waals surface area contributed by atoms with Crippen molar-refractivity contribution in [2.45, 2.75) is 6.61 Å². The Labute approximate surface area is 157 Å². The molecule has 0 aliphatic rings. The summed E-state index contributed by atoms with van der Waals surface area (Å²) in [6, 6.07) is 20.5. The number of rotatable bonds is 6. The first-order valence-corrected chi connectivity index (χ1v) is 8.42. The topological polar surface area (TPSA) is 60.5 Å². The number of para-hydroxylation sites is 1. The number of halogens is 1. The lowest BCUT2D eigenvalue weighted by molar-refractivity contribution is 0.293. The van der Waals surface area contributed by atoms with Crippen LogP contribution < -0.4 is 10.5 Å². The van der Waals surface area contributed by atoms with Crippen LogP contribution in [-0.4, -0.2) is 11.2 Å². The van der Waals surface area contributed by atoms with Crippen molar-refractivity contribution in [1.29, 1.82) is 0 Å². The summed E-state index contributed by atoms with van der Waals surface area (Å²) in [6.07, 6.45) is 1.68. The predicted octanol–water partition coefficient (Wildman–Crippen LogP) is 4.99. The van der Waals surface area contributed by atoms with Crippen LogP contribution in [0.4, 0.5) is 5.69 Å². The van der Waals surface area contributed by atoms with Gasteiger partial charge in [0.05, 0.1) is 11.4 Å². The van der Waals surface area contributed by atoms with Crippen molar-refractivity contribution >= 4 is 29.2 Å². The van der Waals surface area contributed by atoms with Crippen molar-refractivity contribution in [2.24, 2.45) is 4.99 Å². The summed E-state index contributed by atoms with van der Waals surface area (Å²) in [5.74, 6) is 0.498. The van der Waals surface area contributed by atoms with Crippen molar-refractivity contribution in [3.05, 3.63) is 95.2 Å². The molecule has 2 aromatic carbocycles. The second-order valence-corrected chi connectivity index (χ2v) is 6.05. The molecule has 0 radical (unpaired) electrons. The van der Waals surface area contributed by atoms with E-state index in [1.165, 1.54) is 0 Å². The van der Waals surface area contributed by atoms with E-state index in [0.717, 1.165) is 11.1 Å². The Morgan fingerprint density at radius 3 is 2.73 bits per heavy atom. The van der Waals surface area contributed by atoms with E-state index in [1.807, 2.05) is 60.7 Å². The number of aliphatic imine (C=N–C) groups is 1. The molecule has 1 aromatic heterocycles. The fraction of sp³-hybridized carbons (Fsp3) is 0.0476. The minimum atomic E-state index is 0.382. The van der Waals surface area contributed by atoms with Gasteiger partial charge in [-0.25, -0.2) is 4.98 Å². The number of benzene rings is 2. The molecule has 0 bridgehead atoms. The summed E-state index contributed by atoms with van der Waals surface area (Å²) in [5, 5.41) is 0.677. The third-order valence-electron chi connectivity index (χ3n) is 3.65. The molecule has 0 atom stereocenters. The third kappa shape index (κ3) is 4.71. The van der Waals surface area contributed by atoms with Gasteiger partial charge in [-0.15, -0.1) is 0 Å². The molecule has 26 heavy (non-hydrogen) atoms. The van der Waals surface area contributed by atoms with E-state index >= 15 is 0 Å². The first-order valence-electron chi connectivity index (χ1n) is 8.04. The van der Waals surface area contributed by atoms with Crippen LogP contribution in [0.25, 0.3) is 5.70 Å². The molecule has 0 aliphatic carbocycles. The molecule has 0 saturated carbocycles. The van der Waals surface area contributed by atoms with Crippen LogP contribution in [-0.2, 0) is 6.61 Å². The average molecular weight is 364 g/mol. The van der Waals surface area contributed by atoms with E-state index < -0.39 is 0 Å². The van der Waals surface area contributed by atoms with Gasteiger partial charge in [-0.05, 0) is 29.8 Å². The number of nitrogens with two attached hydrogens (primary N) is 1. The minimum absolute atomic E-state index is 0.382. The van der Waals surface area contributed by atoms with Gasteiger partial charge in [-0.1, -0.05) is 54.6 Å². The fourth-order valence-corrected chi connectivity index (χ4v) is 2.49. The average Bonchev–Trinajstić information content (AvgIpc) is 2.66. The second-order valence-electron chi connectivity index (χ2n) is 5.61. The standard InChI is InChI=1S/C21H18ClN3O/c1-15(24-13-17-7-2-3-9-19(17)23)20-10-5-11-21(25-20)26-14-16-6-4-8-18(22)12-16/h2-13H,1,14,23H2. The molecule has 4 nitrogen and oxygen atoms in total. The molecule has 2 N–H and O–H groups in total. The minimum Gasteiger partial charge on any atom is -0.473 e. The number of anilines is 1. The summed E-state index contributed by atoms with van der Waals surface area (Å²) in [4.78, 5) is 8.81. The Hall–Kier alpha value is -3.11. The third-order valence-corrected chi connectivity index (χ3v) is 3.89.